The minimum absolute atomic E-state index is 0.318. The van der Waals surface area contributed by atoms with Gasteiger partial charge in [0.05, 0.1) is 5.56 Å². The third kappa shape index (κ3) is 2.24. The number of aromatic nitrogens is 2. The first-order valence-electron chi connectivity index (χ1n) is 4.69. The number of aliphatic hydroxyl groups is 1. The molecular formula is C10H11N2O2S. The SMILES string of the molecule is CC[CH][C@H](O)c1noc(-c2ccsc2)n1. The van der Waals surface area contributed by atoms with Crippen molar-refractivity contribution in [1.29, 1.82) is 0 Å². The fourth-order valence-electron chi connectivity index (χ4n) is 1.19. The van der Waals surface area contributed by atoms with E-state index in [-0.39, 0.29) is 0 Å². The van der Waals surface area contributed by atoms with E-state index in [0.29, 0.717) is 11.7 Å². The van der Waals surface area contributed by atoms with Gasteiger partial charge in [0.25, 0.3) is 5.89 Å². The van der Waals surface area contributed by atoms with Crippen LogP contribution in [0.4, 0.5) is 0 Å². The van der Waals surface area contributed by atoms with E-state index in [1.165, 1.54) is 0 Å². The molecule has 0 bridgehead atoms. The van der Waals surface area contributed by atoms with Gasteiger partial charge in [-0.25, -0.2) is 0 Å². The smallest absolute Gasteiger partial charge is 0.258 e. The standard InChI is InChI=1S/C10H11N2O2S/c1-2-3-8(13)9-11-10(14-12-9)7-4-5-15-6-7/h3-6,8,13H,2H2,1H3/t8-/m0/s1. The summed E-state index contributed by atoms with van der Waals surface area (Å²) in [6.07, 6.45) is 1.75. The van der Waals surface area contributed by atoms with E-state index < -0.39 is 6.10 Å². The zero-order valence-corrected chi connectivity index (χ0v) is 9.07. The minimum atomic E-state index is -0.744. The van der Waals surface area contributed by atoms with E-state index in [9.17, 15) is 5.11 Å². The van der Waals surface area contributed by atoms with Crippen molar-refractivity contribution in [3.63, 3.8) is 0 Å². The maximum Gasteiger partial charge on any atom is 0.258 e. The molecule has 0 fully saturated rings. The summed E-state index contributed by atoms with van der Waals surface area (Å²) >= 11 is 1.56. The van der Waals surface area contributed by atoms with Crippen LogP contribution in [-0.4, -0.2) is 15.2 Å². The molecule has 5 heteroatoms. The van der Waals surface area contributed by atoms with Crippen molar-refractivity contribution < 1.29 is 9.63 Å². The molecule has 0 aliphatic heterocycles. The van der Waals surface area contributed by atoms with Gasteiger partial charge in [-0.1, -0.05) is 18.5 Å². The second-order valence-corrected chi connectivity index (χ2v) is 3.84. The van der Waals surface area contributed by atoms with Gasteiger partial charge in [-0.3, -0.25) is 0 Å². The van der Waals surface area contributed by atoms with Crippen LogP contribution in [-0.2, 0) is 0 Å². The first-order chi connectivity index (χ1) is 7.31. The van der Waals surface area contributed by atoms with Gasteiger partial charge >= 0.3 is 0 Å². The molecule has 0 aliphatic carbocycles. The summed E-state index contributed by atoms with van der Waals surface area (Å²) < 4.78 is 5.04. The van der Waals surface area contributed by atoms with E-state index >= 15 is 0 Å². The molecule has 2 aromatic rings. The average Bonchev–Trinajstić information content (AvgIpc) is 2.89. The Morgan fingerprint density at radius 2 is 2.53 bits per heavy atom. The zero-order valence-electron chi connectivity index (χ0n) is 8.25. The fraction of sp³-hybridized carbons (Fsp3) is 0.300. The van der Waals surface area contributed by atoms with Crippen molar-refractivity contribution >= 4 is 11.3 Å². The van der Waals surface area contributed by atoms with Crippen LogP contribution in [0.25, 0.3) is 11.5 Å². The lowest BCUT2D eigenvalue weighted by atomic mass is 10.2. The van der Waals surface area contributed by atoms with E-state index in [1.54, 1.807) is 17.8 Å². The molecule has 1 atom stereocenters. The van der Waals surface area contributed by atoms with Crippen LogP contribution in [0.5, 0.6) is 0 Å². The molecule has 2 heterocycles. The van der Waals surface area contributed by atoms with Crippen LogP contribution in [0.2, 0.25) is 0 Å². The van der Waals surface area contributed by atoms with E-state index in [1.807, 2.05) is 23.8 Å². The first-order valence-corrected chi connectivity index (χ1v) is 5.63. The van der Waals surface area contributed by atoms with Crippen molar-refractivity contribution in [2.45, 2.75) is 19.4 Å². The molecule has 0 spiro atoms. The van der Waals surface area contributed by atoms with Gasteiger partial charge in [0.2, 0.25) is 5.82 Å². The molecule has 0 aromatic carbocycles. The van der Waals surface area contributed by atoms with Crippen LogP contribution >= 0.6 is 11.3 Å². The Bertz CT molecular complexity index is 411. The zero-order chi connectivity index (χ0) is 10.7. The highest BCUT2D eigenvalue weighted by molar-refractivity contribution is 7.08. The van der Waals surface area contributed by atoms with Crippen molar-refractivity contribution in [1.82, 2.24) is 10.1 Å². The number of rotatable bonds is 4. The van der Waals surface area contributed by atoms with Crippen LogP contribution in [0.3, 0.4) is 0 Å². The Balaban J connectivity index is 2.17. The highest BCUT2D eigenvalue weighted by Gasteiger charge is 2.15. The molecule has 0 aliphatic rings. The summed E-state index contributed by atoms with van der Waals surface area (Å²) in [5, 5.41) is 17.2. The van der Waals surface area contributed by atoms with Gasteiger partial charge in [-0.2, -0.15) is 16.3 Å². The Hall–Kier alpha value is -1.20. The minimum Gasteiger partial charge on any atom is -0.385 e. The van der Waals surface area contributed by atoms with Gasteiger partial charge < -0.3 is 9.63 Å². The summed E-state index contributed by atoms with van der Waals surface area (Å²) in [6.45, 7) is 1.95. The van der Waals surface area contributed by atoms with Crippen LogP contribution < -0.4 is 0 Å². The predicted octanol–water partition coefficient (Wildman–Crippen LogP) is 2.45. The Morgan fingerprint density at radius 1 is 1.67 bits per heavy atom. The number of nitrogens with zero attached hydrogens (tertiary/aromatic N) is 2. The van der Waals surface area contributed by atoms with Gasteiger partial charge in [-0.05, 0) is 17.9 Å². The lowest BCUT2D eigenvalue weighted by Gasteiger charge is -2.00. The lowest BCUT2D eigenvalue weighted by Crippen LogP contribution is -1.99. The predicted molar refractivity (Wildman–Crippen MR) is 57.2 cm³/mol. The largest absolute Gasteiger partial charge is 0.385 e. The topological polar surface area (TPSA) is 59.2 Å². The van der Waals surface area contributed by atoms with Gasteiger partial charge in [0, 0.05) is 5.38 Å². The first kappa shape index (κ1) is 10.3. The quantitative estimate of drug-likeness (QED) is 0.864. The Labute approximate surface area is 91.6 Å². The Kier molecular flexibility index (Phi) is 3.13. The number of aliphatic hydroxyl groups excluding tert-OH is 1. The Morgan fingerprint density at radius 3 is 3.20 bits per heavy atom. The van der Waals surface area contributed by atoms with Gasteiger partial charge in [0.1, 0.15) is 6.10 Å². The van der Waals surface area contributed by atoms with E-state index in [2.05, 4.69) is 10.1 Å². The average molecular weight is 223 g/mol. The normalized spacial score (nSPS) is 12.9. The molecule has 1 N–H and O–H groups in total. The summed E-state index contributed by atoms with van der Waals surface area (Å²) in [5.41, 5.74) is 0.891. The number of thiophene rings is 1. The summed E-state index contributed by atoms with van der Waals surface area (Å²) in [5.74, 6) is 0.771. The molecule has 0 unspecified atom stereocenters. The molecule has 1 radical (unpaired) electrons. The molecule has 0 amide bonds. The van der Waals surface area contributed by atoms with Crippen molar-refractivity contribution in [2.75, 3.05) is 0 Å². The van der Waals surface area contributed by atoms with Crippen molar-refractivity contribution in [3.8, 4) is 11.5 Å². The van der Waals surface area contributed by atoms with Crippen molar-refractivity contribution in [3.05, 3.63) is 29.1 Å². The maximum atomic E-state index is 9.59. The fourth-order valence-corrected chi connectivity index (χ4v) is 1.82. The van der Waals surface area contributed by atoms with Gasteiger partial charge in [0.15, 0.2) is 0 Å². The highest BCUT2D eigenvalue weighted by atomic mass is 32.1. The monoisotopic (exact) mass is 223 g/mol. The highest BCUT2D eigenvalue weighted by Crippen LogP contribution is 2.22. The summed E-state index contributed by atoms with van der Waals surface area (Å²) in [4.78, 5) is 4.12. The van der Waals surface area contributed by atoms with E-state index in [4.69, 9.17) is 4.52 Å². The third-order valence-corrected chi connectivity index (χ3v) is 2.62. The van der Waals surface area contributed by atoms with E-state index in [0.717, 1.165) is 12.0 Å². The van der Waals surface area contributed by atoms with Crippen LogP contribution in [0.1, 0.15) is 25.3 Å². The summed E-state index contributed by atoms with van der Waals surface area (Å²) in [7, 11) is 0. The van der Waals surface area contributed by atoms with Crippen LogP contribution in [0, 0.1) is 6.42 Å². The molecule has 4 nitrogen and oxygen atoms in total. The molecule has 2 rings (SSSR count). The van der Waals surface area contributed by atoms with Crippen LogP contribution in [0.15, 0.2) is 21.3 Å². The molecule has 15 heavy (non-hydrogen) atoms. The molecule has 79 valence electrons. The molecule has 0 saturated heterocycles. The molecule has 2 aromatic heterocycles. The second kappa shape index (κ2) is 4.55. The third-order valence-electron chi connectivity index (χ3n) is 1.93. The number of hydrogen-bond donors (Lipinski definition) is 1. The maximum absolute atomic E-state index is 9.59. The van der Waals surface area contributed by atoms with Crippen molar-refractivity contribution in [2.24, 2.45) is 0 Å². The lowest BCUT2D eigenvalue weighted by molar-refractivity contribution is 0.193. The summed E-state index contributed by atoms with van der Waals surface area (Å²) in [6, 6.07) is 1.90. The number of hydrogen-bond acceptors (Lipinski definition) is 5. The second-order valence-electron chi connectivity index (χ2n) is 3.06. The molecule has 0 saturated carbocycles. The molecular weight excluding hydrogens is 212 g/mol. The van der Waals surface area contributed by atoms with Gasteiger partial charge in [-0.15, -0.1) is 0 Å².